The zero-order chi connectivity index (χ0) is 17.6. The topological polar surface area (TPSA) is 84.2 Å². The molecule has 0 radical (unpaired) electrons. The van der Waals surface area contributed by atoms with Gasteiger partial charge >= 0.3 is 0 Å². The van der Waals surface area contributed by atoms with E-state index in [-0.39, 0.29) is 24.6 Å². The number of benzene rings is 1. The van der Waals surface area contributed by atoms with E-state index < -0.39 is 5.60 Å². The summed E-state index contributed by atoms with van der Waals surface area (Å²) < 4.78 is 1.40. The summed E-state index contributed by atoms with van der Waals surface area (Å²) in [6.07, 6.45) is 4.19. The Morgan fingerprint density at radius 2 is 1.92 bits per heavy atom. The highest BCUT2D eigenvalue weighted by Crippen LogP contribution is 2.18. The minimum atomic E-state index is -0.884. The molecule has 0 aliphatic heterocycles. The molecule has 6 nitrogen and oxygen atoms in total. The molecule has 0 aliphatic carbocycles. The van der Waals surface area contributed by atoms with Crippen molar-refractivity contribution in [1.29, 1.82) is 0 Å². The van der Waals surface area contributed by atoms with E-state index in [0.717, 1.165) is 12.8 Å². The molecule has 1 aromatic heterocycles. The minimum absolute atomic E-state index is 0.0871. The maximum atomic E-state index is 12.3. The molecule has 0 saturated heterocycles. The Balaban J connectivity index is 2.10. The van der Waals surface area contributed by atoms with Gasteiger partial charge in [-0.1, -0.05) is 38.8 Å². The SMILES string of the molecule is CCCC(O)(CCC)CNC(=O)Cn1c(=O)cnc2ccccc21. The number of carbonyl (C=O) groups is 1. The third kappa shape index (κ3) is 4.41. The first kappa shape index (κ1) is 18.1. The Labute approximate surface area is 141 Å². The molecule has 2 N–H and O–H groups in total. The van der Waals surface area contributed by atoms with Crippen molar-refractivity contribution >= 4 is 16.9 Å². The summed E-state index contributed by atoms with van der Waals surface area (Å²) in [6, 6.07) is 7.20. The molecule has 6 heteroatoms. The summed E-state index contributed by atoms with van der Waals surface area (Å²) in [5, 5.41) is 13.3. The molecule has 130 valence electrons. The van der Waals surface area contributed by atoms with Gasteiger partial charge in [-0.2, -0.15) is 0 Å². The van der Waals surface area contributed by atoms with Gasteiger partial charge < -0.3 is 10.4 Å². The standard InChI is InChI=1S/C18H25N3O3/c1-3-9-18(24,10-4-2)13-20-16(22)12-21-15-8-6-5-7-14(15)19-11-17(21)23/h5-8,11,24H,3-4,9-10,12-13H2,1-2H3,(H,20,22). The van der Waals surface area contributed by atoms with Crippen molar-refractivity contribution < 1.29 is 9.90 Å². The van der Waals surface area contributed by atoms with Crippen LogP contribution in [0.5, 0.6) is 0 Å². The fraction of sp³-hybridized carbons (Fsp3) is 0.500. The molecular formula is C18H25N3O3. The van der Waals surface area contributed by atoms with Crippen molar-refractivity contribution in [2.24, 2.45) is 0 Å². The number of amides is 1. The molecule has 0 bridgehead atoms. The first-order chi connectivity index (χ1) is 11.5. The Morgan fingerprint density at radius 1 is 1.25 bits per heavy atom. The van der Waals surface area contributed by atoms with Gasteiger partial charge in [-0.25, -0.2) is 4.98 Å². The van der Waals surface area contributed by atoms with E-state index >= 15 is 0 Å². The number of fused-ring (bicyclic) bond motifs is 1. The molecule has 0 spiro atoms. The van der Waals surface area contributed by atoms with Gasteiger partial charge in [0.25, 0.3) is 5.56 Å². The third-order valence-electron chi connectivity index (χ3n) is 4.10. The molecule has 0 unspecified atom stereocenters. The van der Waals surface area contributed by atoms with Gasteiger partial charge in [0.15, 0.2) is 0 Å². The number of aliphatic hydroxyl groups is 1. The number of nitrogens with zero attached hydrogens (tertiary/aromatic N) is 2. The largest absolute Gasteiger partial charge is 0.388 e. The second-order valence-corrected chi connectivity index (χ2v) is 6.17. The van der Waals surface area contributed by atoms with Gasteiger partial charge in [-0.15, -0.1) is 0 Å². The Kier molecular flexibility index (Phi) is 6.09. The van der Waals surface area contributed by atoms with Crippen LogP contribution >= 0.6 is 0 Å². The molecule has 2 rings (SSSR count). The number of nitrogens with one attached hydrogen (secondary N) is 1. The van der Waals surface area contributed by atoms with Crippen LogP contribution in [-0.4, -0.2) is 32.7 Å². The average molecular weight is 331 g/mol. The third-order valence-corrected chi connectivity index (χ3v) is 4.10. The van der Waals surface area contributed by atoms with E-state index in [1.165, 1.54) is 10.8 Å². The van der Waals surface area contributed by atoms with Crippen LogP contribution in [0.15, 0.2) is 35.3 Å². The minimum Gasteiger partial charge on any atom is -0.388 e. The van der Waals surface area contributed by atoms with Gasteiger partial charge in [0, 0.05) is 6.54 Å². The summed E-state index contributed by atoms with van der Waals surface area (Å²) in [6.45, 7) is 4.12. The lowest BCUT2D eigenvalue weighted by atomic mass is 9.92. The van der Waals surface area contributed by atoms with Gasteiger partial charge in [0.2, 0.25) is 5.91 Å². The van der Waals surface area contributed by atoms with Gasteiger partial charge in [-0.3, -0.25) is 14.2 Å². The second-order valence-electron chi connectivity index (χ2n) is 6.17. The van der Waals surface area contributed by atoms with Crippen LogP contribution < -0.4 is 10.9 Å². The van der Waals surface area contributed by atoms with Crippen molar-refractivity contribution in [3.05, 3.63) is 40.8 Å². The predicted molar refractivity (Wildman–Crippen MR) is 93.8 cm³/mol. The molecule has 2 aromatic rings. The van der Waals surface area contributed by atoms with Crippen molar-refractivity contribution in [2.45, 2.75) is 51.7 Å². The molecule has 24 heavy (non-hydrogen) atoms. The summed E-state index contributed by atoms with van der Waals surface area (Å²) in [5.41, 5.74) is 0.0851. The van der Waals surface area contributed by atoms with Crippen LogP contribution in [0.4, 0.5) is 0 Å². The molecule has 0 atom stereocenters. The van der Waals surface area contributed by atoms with E-state index in [9.17, 15) is 14.7 Å². The molecule has 1 heterocycles. The second kappa shape index (κ2) is 8.06. The Bertz CT molecular complexity index is 749. The fourth-order valence-corrected chi connectivity index (χ4v) is 2.97. The summed E-state index contributed by atoms with van der Waals surface area (Å²) in [7, 11) is 0. The number of carbonyl (C=O) groups excluding carboxylic acids is 1. The van der Waals surface area contributed by atoms with Crippen LogP contribution in [0.1, 0.15) is 39.5 Å². The average Bonchev–Trinajstić information content (AvgIpc) is 2.56. The summed E-state index contributed by atoms with van der Waals surface area (Å²) in [5.74, 6) is -0.293. The smallest absolute Gasteiger partial charge is 0.269 e. The van der Waals surface area contributed by atoms with Crippen LogP contribution in [0.25, 0.3) is 11.0 Å². The van der Waals surface area contributed by atoms with Crippen molar-refractivity contribution in [1.82, 2.24) is 14.9 Å². The monoisotopic (exact) mass is 331 g/mol. The molecule has 0 aliphatic rings. The molecule has 0 fully saturated rings. The molecule has 1 amide bonds. The van der Waals surface area contributed by atoms with Crippen LogP contribution in [0.2, 0.25) is 0 Å². The highest BCUT2D eigenvalue weighted by Gasteiger charge is 2.25. The van der Waals surface area contributed by atoms with Crippen molar-refractivity contribution in [2.75, 3.05) is 6.54 Å². The highest BCUT2D eigenvalue weighted by molar-refractivity contribution is 5.79. The van der Waals surface area contributed by atoms with Gasteiger partial charge in [0.05, 0.1) is 22.8 Å². The number of hydrogen-bond donors (Lipinski definition) is 2. The first-order valence-electron chi connectivity index (χ1n) is 8.43. The highest BCUT2D eigenvalue weighted by atomic mass is 16.3. The zero-order valence-corrected chi connectivity index (χ0v) is 14.3. The maximum Gasteiger partial charge on any atom is 0.269 e. The van der Waals surface area contributed by atoms with Crippen LogP contribution in [-0.2, 0) is 11.3 Å². The number of para-hydroxylation sites is 2. The molecule has 1 aromatic carbocycles. The van der Waals surface area contributed by atoms with E-state index in [0.29, 0.717) is 23.9 Å². The zero-order valence-electron chi connectivity index (χ0n) is 14.3. The lowest BCUT2D eigenvalue weighted by molar-refractivity contribution is -0.123. The van der Waals surface area contributed by atoms with E-state index in [4.69, 9.17) is 0 Å². The quantitative estimate of drug-likeness (QED) is 0.773. The van der Waals surface area contributed by atoms with Crippen molar-refractivity contribution in [3.63, 3.8) is 0 Å². The predicted octanol–water partition coefficient (Wildman–Crippen LogP) is 1.84. The van der Waals surface area contributed by atoms with E-state index in [2.05, 4.69) is 10.3 Å². The van der Waals surface area contributed by atoms with Crippen LogP contribution in [0.3, 0.4) is 0 Å². The maximum absolute atomic E-state index is 12.3. The van der Waals surface area contributed by atoms with Gasteiger partial charge in [0.1, 0.15) is 6.54 Å². The number of hydrogen-bond acceptors (Lipinski definition) is 4. The van der Waals surface area contributed by atoms with E-state index in [1.807, 2.05) is 19.9 Å². The normalized spacial score (nSPS) is 11.6. The molecular weight excluding hydrogens is 306 g/mol. The first-order valence-corrected chi connectivity index (χ1v) is 8.43. The van der Waals surface area contributed by atoms with Crippen LogP contribution in [0, 0.1) is 0 Å². The molecule has 0 saturated carbocycles. The van der Waals surface area contributed by atoms with E-state index in [1.54, 1.807) is 18.2 Å². The Hall–Kier alpha value is -2.21. The number of aromatic nitrogens is 2. The lowest BCUT2D eigenvalue weighted by Crippen LogP contribution is -2.44. The number of rotatable bonds is 8. The van der Waals surface area contributed by atoms with Gasteiger partial charge in [-0.05, 0) is 25.0 Å². The summed E-state index contributed by atoms with van der Waals surface area (Å²) >= 11 is 0. The van der Waals surface area contributed by atoms with Crippen molar-refractivity contribution in [3.8, 4) is 0 Å². The summed E-state index contributed by atoms with van der Waals surface area (Å²) in [4.78, 5) is 28.4. The Morgan fingerprint density at radius 3 is 2.58 bits per heavy atom. The lowest BCUT2D eigenvalue weighted by Gasteiger charge is -2.27. The fourth-order valence-electron chi connectivity index (χ4n) is 2.97.